The highest BCUT2D eigenvalue weighted by molar-refractivity contribution is 6.23. The van der Waals surface area contributed by atoms with Gasteiger partial charge in [0.2, 0.25) is 0 Å². The topological polar surface area (TPSA) is 4.93 Å². The first-order valence-corrected chi connectivity index (χ1v) is 18.3. The van der Waals surface area contributed by atoms with E-state index in [2.05, 4.69) is 194 Å². The maximum atomic E-state index is 2.48. The van der Waals surface area contributed by atoms with Crippen LogP contribution < -0.4 is 10.4 Å². The summed E-state index contributed by atoms with van der Waals surface area (Å²) in [6.45, 7) is 4.67. The van der Waals surface area contributed by atoms with Crippen LogP contribution in [0.15, 0.2) is 175 Å². The third kappa shape index (κ3) is 4.05. The predicted molar refractivity (Wildman–Crippen MR) is 222 cm³/mol. The van der Waals surface area contributed by atoms with Gasteiger partial charge < -0.3 is 4.57 Å². The van der Waals surface area contributed by atoms with Crippen molar-refractivity contribution in [1.82, 2.24) is 4.57 Å². The molecule has 244 valence electrons. The molecular weight excluding hydrogens is 627 g/mol. The minimum Gasteiger partial charge on any atom is -0.309 e. The van der Waals surface area contributed by atoms with E-state index in [1.54, 1.807) is 0 Å². The molecule has 0 spiro atoms. The second kappa shape index (κ2) is 10.8. The third-order valence-electron chi connectivity index (χ3n) is 11.6. The molecule has 2 aliphatic carbocycles. The molecule has 0 saturated heterocycles. The molecule has 0 aliphatic heterocycles. The van der Waals surface area contributed by atoms with Crippen molar-refractivity contribution in [3.8, 4) is 27.9 Å². The summed E-state index contributed by atoms with van der Waals surface area (Å²) in [4.78, 5) is 0. The lowest BCUT2D eigenvalue weighted by atomic mass is 9.77. The first-order valence-electron chi connectivity index (χ1n) is 18.3. The van der Waals surface area contributed by atoms with Gasteiger partial charge in [0.05, 0.1) is 11.0 Å². The zero-order valence-electron chi connectivity index (χ0n) is 29.2. The summed E-state index contributed by atoms with van der Waals surface area (Å²) in [6, 6.07) is 56.1. The van der Waals surface area contributed by atoms with Crippen LogP contribution in [0.5, 0.6) is 0 Å². The number of hydrogen-bond donors (Lipinski definition) is 0. The minimum absolute atomic E-state index is 0.0244. The van der Waals surface area contributed by atoms with E-state index >= 15 is 0 Å². The molecule has 0 unspecified atom stereocenters. The lowest BCUT2D eigenvalue weighted by Crippen LogP contribution is -2.28. The number of aromatic nitrogens is 1. The summed E-state index contributed by atoms with van der Waals surface area (Å²) in [7, 11) is 0. The van der Waals surface area contributed by atoms with E-state index in [4.69, 9.17) is 0 Å². The van der Waals surface area contributed by atoms with Crippen LogP contribution in [0.2, 0.25) is 0 Å². The van der Waals surface area contributed by atoms with E-state index in [-0.39, 0.29) is 5.41 Å². The van der Waals surface area contributed by atoms with Gasteiger partial charge in [0.25, 0.3) is 0 Å². The zero-order chi connectivity index (χ0) is 34.6. The SMILES string of the molecule is CC1(C)C=CC=C2C=c3c(ccc4c3c3c5ccccc5ccc3n4-c3ccc(-c4c5ccccc5c(-c5ccccc5)c5ccccc45)cc3)=C21. The van der Waals surface area contributed by atoms with Crippen molar-refractivity contribution in [2.24, 2.45) is 5.41 Å². The maximum absolute atomic E-state index is 2.48. The normalized spacial score (nSPS) is 14.7. The molecule has 8 aromatic carbocycles. The van der Waals surface area contributed by atoms with Crippen LogP contribution in [-0.2, 0) is 0 Å². The molecule has 0 N–H and O–H groups in total. The number of nitrogens with zero attached hydrogens (tertiary/aromatic N) is 1. The molecule has 0 saturated carbocycles. The Bertz CT molecular complexity index is 3110. The Morgan fingerprint density at radius 3 is 1.71 bits per heavy atom. The maximum Gasteiger partial charge on any atom is 0.0547 e. The number of hydrogen-bond acceptors (Lipinski definition) is 0. The molecule has 1 heterocycles. The highest BCUT2D eigenvalue weighted by Crippen LogP contribution is 2.45. The lowest BCUT2D eigenvalue weighted by Gasteiger charge is -2.26. The first-order chi connectivity index (χ1) is 25.6. The van der Waals surface area contributed by atoms with E-state index in [0.717, 1.165) is 5.69 Å². The summed E-state index contributed by atoms with van der Waals surface area (Å²) in [5.74, 6) is 0. The largest absolute Gasteiger partial charge is 0.309 e. The van der Waals surface area contributed by atoms with Crippen LogP contribution in [-0.4, -0.2) is 4.57 Å². The number of fused-ring (bicyclic) bond motifs is 10. The van der Waals surface area contributed by atoms with E-state index in [1.807, 2.05) is 0 Å². The minimum atomic E-state index is -0.0244. The van der Waals surface area contributed by atoms with Gasteiger partial charge >= 0.3 is 0 Å². The molecule has 11 rings (SSSR count). The van der Waals surface area contributed by atoms with Gasteiger partial charge in [-0.1, -0.05) is 159 Å². The zero-order valence-corrected chi connectivity index (χ0v) is 29.2. The van der Waals surface area contributed by atoms with Gasteiger partial charge in [-0.05, 0) is 106 Å². The van der Waals surface area contributed by atoms with Crippen molar-refractivity contribution < 1.29 is 0 Å². The Morgan fingerprint density at radius 2 is 1.04 bits per heavy atom. The molecule has 0 amide bonds. The Hall–Kier alpha value is -6.44. The van der Waals surface area contributed by atoms with Gasteiger partial charge in [-0.2, -0.15) is 0 Å². The second-order valence-electron chi connectivity index (χ2n) is 14.9. The summed E-state index contributed by atoms with van der Waals surface area (Å²) < 4.78 is 2.48. The number of benzene rings is 8. The smallest absolute Gasteiger partial charge is 0.0547 e. The molecule has 1 aromatic heterocycles. The van der Waals surface area contributed by atoms with E-state index in [0.29, 0.717) is 0 Å². The standard InChI is InChI=1S/C51H35N/c1-51(2)30-12-16-35-31-43-42(50(35)51)27-29-45-49(43)48-37-17-7-6-13-32(37)24-28-44(48)52(45)36-25-22-34(23-26-36)47-40-20-10-8-18-38(40)46(33-14-4-3-5-15-33)39-19-9-11-21-41(39)47/h3-31H,1-2H3. The van der Waals surface area contributed by atoms with Crippen LogP contribution in [0.25, 0.3) is 93.7 Å². The molecule has 0 fully saturated rings. The van der Waals surface area contributed by atoms with Crippen LogP contribution in [0.3, 0.4) is 0 Å². The number of allylic oxidation sites excluding steroid dienone is 4. The van der Waals surface area contributed by atoms with Crippen LogP contribution in [0, 0.1) is 5.41 Å². The highest BCUT2D eigenvalue weighted by Gasteiger charge is 2.29. The fourth-order valence-corrected chi connectivity index (χ4v) is 9.38. The van der Waals surface area contributed by atoms with Gasteiger partial charge in [0, 0.05) is 21.9 Å². The van der Waals surface area contributed by atoms with Crippen molar-refractivity contribution in [3.63, 3.8) is 0 Å². The van der Waals surface area contributed by atoms with Crippen molar-refractivity contribution in [2.45, 2.75) is 13.8 Å². The number of rotatable bonds is 3. The van der Waals surface area contributed by atoms with Gasteiger partial charge in [-0.3, -0.25) is 0 Å². The van der Waals surface area contributed by atoms with Crippen molar-refractivity contribution >= 4 is 65.8 Å². The van der Waals surface area contributed by atoms with Gasteiger partial charge in [-0.25, -0.2) is 0 Å². The molecule has 9 aromatic rings. The summed E-state index contributed by atoms with van der Waals surface area (Å²) in [5, 5.41) is 13.0. The van der Waals surface area contributed by atoms with Crippen LogP contribution >= 0.6 is 0 Å². The first kappa shape index (κ1) is 29.3. The average molecular weight is 662 g/mol. The Balaban J connectivity index is 1.18. The fourth-order valence-electron chi connectivity index (χ4n) is 9.38. The van der Waals surface area contributed by atoms with Crippen molar-refractivity contribution in [1.29, 1.82) is 0 Å². The molecule has 0 bridgehead atoms. The average Bonchev–Trinajstić information content (AvgIpc) is 3.74. The fraction of sp³-hybridized carbons (Fsp3) is 0.0588. The van der Waals surface area contributed by atoms with E-state index in [9.17, 15) is 0 Å². The van der Waals surface area contributed by atoms with Crippen molar-refractivity contribution in [2.75, 3.05) is 0 Å². The summed E-state index contributed by atoms with van der Waals surface area (Å²) in [5.41, 5.74) is 11.4. The molecular formula is C51H35N. The Kier molecular flexibility index (Phi) is 6.08. The Labute approximate surface area is 302 Å². The van der Waals surface area contributed by atoms with E-state index < -0.39 is 0 Å². The van der Waals surface area contributed by atoms with Gasteiger partial charge in [0.15, 0.2) is 0 Å². The lowest BCUT2D eigenvalue weighted by molar-refractivity contribution is 0.644. The molecule has 0 atom stereocenters. The molecule has 1 nitrogen and oxygen atoms in total. The Morgan fingerprint density at radius 1 is 0.481 bits per heavy atom. The van der Waals surface area contributed by atoms with Crippen LogP contribution in [0.4, 0.5) is 0 Å². The van der Waals surface area contributed by atoms with Gasteiger partial charge in [0.1, 0.15) is 0 Å². The highest BCUT2D eigenvalue weighted by atomic mass is 15.0. The second-order valence-corrected chi connectivity index (χ2v) is 14.9. The summed E-state index contributed by atoms with van der Waals surface area (Å²) >= 11 is 0. The van der Waals surface area contributed by atoms with Crippen molar-refractivity contribution in [3.05, 3.63) is 186 Å². The van der Waals surface area contributed by atoms with E-state index in [1.165, 1.54) is 98.0 Å². The monoisotopic (exact) mass is 661 g/mol. The molecule has 1 heteroatoms. The predicted octanol–water partition coefficient (Wildman–Crippen LogP) is 12.0. The van der Waals surface area contributed by atoms with Crippen LogP contribution in [0.1, 0.15) is 13.8 Å². The summed E-state index contributed by atoms with van der Waals surface area (Å²) in [6.07, 6.45) is 9.27. The molecule has 2 aliphatic rings. The van der Waals surface area contributed by atoms with Gasteiger partial charge in [-0.15, -0.1) is 0 Å². The molecule has 0 radical (unpaired) electrons. The quantitative estimate of drug-likeness (QED) is 0.166. The third-order valence-corrected chi connectivity index (χ3v) is 11.6. The molecule has 52 heavy (non-hydrogen) atoms.